The van der Waals surface area contributed by atoms with E-state index in [1.54, 1.807) is 0 Å². The van der Waals surface area contributed by atoms with Gasteiger partial charge in [-0.3, -0.25) is 9.59 Å². The summed E-state index contributed by atoms with van der Waals surface area (Å²) in [6, 6.07) is 0. The molecule has 0 saturated carbocycles. The van der Waals surface area contributed by atoms with Crippen LogP contribution in [0.25, 0.3) is 0 Å². The van der Waals surface area contributed by atoms with Crippen molar-refractivity contribution in [1.29, 1.82) is 0 Å². The van der Waals surface area contributed by atoms with E-state index in [1.165, 1.54) is 140 Å². The Morgan fingerprint density at radius 3 is 0.923 bits per heavy atom. The quantitative estimate of drug-likeness (QED) is 0.0635. The minimum absolute atomic E-state index is 0.219. The van der Waals surface area contributed by atoms with E-state index in [9.17, 15) is 9.59 Å². The van der Waals surface area contributed by atoms with Gasteiger partial charge in [-0.15, -0.1) is 11.8 Å². The summed E-state index contributed by atoms with van der Waals surface area (Å²) in [5.41, 5.74) is 0. The molecule has 0 spiro atoms. The maximum atomic E-state index is 12.3. The summed E-state index contributed by atoms with van der Waals surface area (Å²) >= 11 is 1.34. The highest BCUT2D eigenvalue weighted by Crippen LogP contribution is 2.20. The van der Waals surface area contributed by atoms with E-state index in [1.807, 2.05) is 13.8 Å². The second-order valence-electron chi connectivity index (χ2n) is 11.5. The van der Waals surface area contributed by atoms with Crippen LogP contribution < -0.4 is 0 Å². The van der Waals surface area contributed by atoms with Crippen molar-refractivity contribution in [3.63, 3.8) is 0 Å². The van der Waals surface area contributed by atoms with Gasteiger partial charge in [0.05, 0.1) is 13.2 Å². The van der Waals surface area contributed by atoms with E-state index in [0.29, 0.717) is 13.2 Å². The molecule has 0 aliphatic rings. The first-order valence-electron chi connectivity index (χ1n) is 17.0. The molecule has 0 rings (SSSR count). The molecule has 0 aliphatic heterocycles. The summed E-state index contributed by atoms with van der Waals surface area (Å²) < 4.78 is 10.9. The third kappa shape index (κ3) is 27.2. The van der Waals surface area contributed by atoms with Crippen LogP contribution in [-0.2, 0) is 19.1 Å². The Morgan fingerprint density at radius 1 is 0.436 bits per heavy atom. The van der Waals surface area contributed by atoms with Gasteiger partial charge in [-0.25, -0.2) is 0 Å². The number of rotatable bonds is 30. The Hall–Kier alpha value is -0.710. The molecule has 2 atom stereocenters. The molecule has 0 aromatic rings. The molecule has 0 heterocycles. The van der Waals surface area contributed by atoms with Crippen LogP contribution >= 0.6 is 11.8 Å². The van der Waals surface area contributed by atoms with Crippen molar-refractivity contribution < 1.29 is 19.1 Å². The maximum Gasteiger partial charge on any atom is 0.318 e. The number of hydrogen-bond donors (Lipinski definition) is 0. The van der Waals surface area contributed by atoms with E-state index >= 15 is 0 Å². The molecule has 0 radical (unpaired) electrons. The predicted octanol–water partition coefficient (Wildman–Crippen LogP) is 11.0. The van der Waals surface area contributed by atoms with Crippen molar-refractivity contribution in [3.05, 3.63) is 0 Å². The molecule has 2 unspecified atom stereocenters. The number of unbranched alkanes of at least 4 members (excludes halogenated alkanes) is 22. The number of thioether (sulfide) groups is 1. The van der Waals surface area contributed by atoms with Gasteiger partial charge in [0.15, 0.2) is 0 Å². The van der Waals surface area contributed by atoms with Crippen molar-refractivity contribution in [3.8, 4) is 0 Å². The van der Waals surface area contributed by atoms with Crippen molar-refractivity contribution in [2.45, 2.75) is 192 Å². The van der Waals surface area contributed by atoms with E-state index in [0.717, 1.165) is 25.7 Å². The average molecular weight is 571 g/mol. The normalized spacial score (nSPS) is 12.8. The van der Waals surface area contributed by atoms with E-state index in [-0.39, 0.29) is 22.4 Å². The maximum absolute atomic E-state index is 12.3. The smallest absolute Gasteiger partial charge is 0.318 e. The molecule has 0 aromatic carbocycles. The largest absolute Gasteiger partial charge is 0.465 e. The molecule has 5 heteroatoms. The number of carbonyl (C=O) groups excluding carboxylic acids is 2. The summed E-state index contributed by atoms with van der Waals surface area (Å²) in [5, 5.41) is -0.701. The highest BCUT2D eigenvalue weighted by Gasteiger charge is 2.23. The standard InChI is InChI=1S/C34H66O4S/c1-5-7-9-11-13-15-17-19-21-23-25-27-29-37-33(35)31(3)39-32(4)34(36)38-30-28-26-24-22-20-18-16-14-12-10-8-6-2/h31-32H,5-30H2,1-4H3. The zero-order chi connectivity index (χ0) is 28.8. The summed E-state index contributed by atoms with van der Waals surface area (Å²) in [5.74, 6) is -0.438. The lowest BCUT2D eigenvalue weighted by molar-refractivity contribution is -0.142. The van der Waals surface area contributed by atoms with Gasteiger partial charge in [0.2, 0.25) is 0 Å². The number of ether oxygens (including phenoxy) is 2. The summed E-state index contributed by atoms with van der Waals surface area (Å²) in [4.78, 5) is 24.6. The molecule has 0 N–H and O–H groups in total. The first-order chi connectivity index (χ1) is 19.0. The van der Waals surface area contributed by atoms with Gasteiger partial charge in [0.1, 0.15) is 10.5 Å². The second-order valence-corrected chi connectivity index (χ2v) is 13.2. The molecule has 0 bridgehead atoms. The molecular formula is C34H66O4S. The first kappa shape index (κ1) is 38.3. The van der Waals surface area contributed by atoms with Gasteiger partial charge in [0.25, 0.3) is 0 Å². The Labute approximate surface area is 247 Å². The molecule has 39 heavy (non-hydrogen) atoms. The zero-order valence-electron chi connectivity index (χ0n) is 26.6. The fourth-order valence-corrected chi connectivity index (χ4v) is 5.85. The minimum atomic E-state index is -0.350. The van der Waals surface area contributed by atoms with E-state index in [2.05, 4.69) is 13.8 Å². The van der Waals surface area contributed by atoms with E-state index < -0.39 is 0 Å². The summed E-state index contributed by atoms with van der Waals surface area (Å²) in [6.07, 6.45) is 31.0. The minimum Gasteiger partial charge on any atom is -0.465 e. The number of esters is 2. The van der Waals surface area contributed by atoms with Gasteiger partial charge >= 0.3 is 11.9 Å². The Balaban J connectivity index is 3.56. The summed E-state index contributed by atoms with van der Waals surface area (Å²) in [6.45, 7) is 9.15. The van der Waals surface area contributed by atoms with Crippen LogP contribution in [0.2, 0.25) is 0 Å². The molecule has 0 aliphatic carbocycles. The topological polar surface area (TPSA) is 52.6 Å². The van der Waals surface area contributed by atoms with Gasteiger partial charge < -0.3 is 9.47 Å². The first-order valence-corrected chi connectivity index (χ1v) is 18.0. The molecule has 232 valence electrons. The lowest BCUT2D eigenvalue weighted by Crippen LogP contribution is -2.25. The van der Waals surface area contributed by atoms with Gasteiger partial charge in [-0.1, -0.05) is 155 Å². The van der Waals surface area contributed by atoms with Crippen LogP contribution in [0, 0.1) is 0 Å². The van der Waals surface area contributed by atoms with Gasteiger partial charge in [-0.2, -0.15) is 0 Å². The third-order valence-corrected chi connectivity index (χ3v) is 8.76. The number of carbonyl (C=O) groups is 2. The third-order valence-electron chi connectivity index (χ3n) is 7.56. The van der Waals surface area contributed by atoms with Crippen LogP contribution in [-0.4, -0.2) is 35.7 Å². The van der Waals surface area contributed by atoms with Crippen molar-refractivity contribution in [2.24, 2.45) is 0 Å². The Morgan fingerprint density at radius 2 is 0.667 bits per heavy atom. The molecule has 4 nitrogen and oxygen atoms in total. The molecular weight excluding hydrogens is 504 g/mol. The van der Waals surface area contributed by atoms with Crippen LogP contribution in [0.1, 0.15) is 182 Å². The van der Waals surface area contributed by atoms with Crippen LogP contribution in [0.3, 0.4) is 0 Å². The van der Waals surface area contributed by atoms with Crippen molar-refractivity contribution in [2.75, 3.05) is 13.2 Å². The molecule has 0 saturated heterocycles. The molecule has 0 amide bonds. The van der Waals surface area contributed by atoms with Gasteiger partial charge in [-0.05, 0) is 26.7 Å². The van der Waals surface area contributed by atoms with Crippen LogP contribution in [0.15, 0.2) is 0 Å². The highest BCUT2D eigenvalue weighted by atomic mass is 32.2. The second kappa shape index (κ2) is 30.3. The van der Waals surface area contributed by atoms with E-state index in [4.69, 9.17) is 9.47 Å². The van der Waals surface area contributed by atoms with Crippen LogP contribution in [0.5, 0.6) is 0 Å². The fraction of sp³-hybridized carbons (Fsp3) is 0.941. The number of hydrogen-bond acceptors (Lipinski definition) is 5. The van der Waals surface area contributed by atoms with Crippen molar-refractivity contribution >= 4 is 23.7 Å². The summed E-state index contributed by atoms with van der Waals surface area (Å²) in [7, 11) is 0. The Bertz CT molecular complexity index is 493. The zero-order valence-corrected chi connectivity index (χ0v) is 27.4. The monoisotopic (exact) mass is 570 g/mol. The lowest BCUT2D eigenvalue weighted by atomic mass is 10.1. The lowest BCUT2D eigenvalue weighted by Gasteiger charge is -2.16. The SMILES string of the molecule is CCCCCCCCCCCCCCOC(=O)C(C)SC(C)C(=O)OCCCCCCCCCCCCCC. The van der Waals surface area contributed by atoms with Crippen molar-refractivity contribution in [1.82, 2.24) is 0 Å². The molecule has 0 fully saturated rings. The fourth-order valence-electron chi connectivity index (χ4n) is 4.88. The predicted molar refractivity (Wildman–Crippen MR) is 171 cm³/mol. The Kier molecular flexibility index (Phi) is 29.7. The van der Waals surface area contributed by atoms with Gasteiger partial charge in [0, 0.05) is 0 Å². The average Bonchev–Trinajstić information content (AvgIpc) is 2.93. The highest BCUT2D eigenvalue weighted by molar-refractivity contribution is 8.01. The molecule has 0 aromatic heterocycles. The van der Waals surface area contributed by atoms with Crippen LogP contribution in [0.4, 0.5) is 0 Å².